The van der Waals surface area contributed by atoms with Crippen LogP contribution in [0.4, 0.5) is 4.39 Å². The van der Waals surface area contributed by atoms with Gasteiger partial charge in [-0.3, -0.25) is 4.79 Å². The number of benzene rings is 2. The summed E-state index contributed by atoms with van der Waals surface area (Å²) in [6.07, 6.45) is 0. The molecule has 0 saturated heterocycles. The molecular formula is C19H19FN2O4S. The summed E-state index contributed by atoms with van der Waals surface area (Å²) in [5, 5.41) is 3.64. The summed E-state index contributed by atoms with van der Waals surface area (Å²) >= 11 is 0. The van der Waals surface area contributed by atoms with E-state index in [1.54, 1.807) is 6.92 Å². The van der Waals surface area contributed by atoms with Crippen LogP contribution < -0.4 is 5.32 Å². The van der Waals surface area contributed by atoms with E-state index in [2.05, 4.69) is 5.32 Å². The third-order valence-corrected chi connectivity index (χ3v) is 5.95. The molecule has 1 amide bonds. The number of amides is 1. The van der Waals surface area contributed by atoms with Gasteiger partial charge in [-0.05, 0) is 43.3 Å². The Balaban J connectivity index is 1.66. The van der Waals surface area contributed by atoms with Gasteiger partial charge in [0.1, 0.15) is 17.2 Å². The summed E-state index contributed by atoms with van der Waals surface area (Å²) in [5.41, 5.74) is 0.713. The van der Waals surface area contributed by atoms with Crippen molar-refractivity contribution in [2.24, 2.45) is 0 Å². The molecule has 0 fully saturated rings. The van der Waals surface area contributed by atoms with Gasteiger partial charge in [-0.25, -0.2) is 12.8 Å². The highest BCUT2D eigenvalue weighted by Crippen LogP contribution is 2.23. The molecule has 0 aliphatic rings. The van der Waals surface area contributed by atoms with Crippen molar-refractivity contribution in [2.75, 3.05) is 13.6 Å². The molecule has 8 heteroatoms. The summed E-state index contributed by atoms with van der Waals surface area (Å²) in [6, 6.07) is 13.3. The van der Waals surface area contributed by atoms with Crippen LogP contribution in [0.25, 0.3) is 11.0 Å². The zero-order valence-electron chi connectivity index (χ0n) is 14.8. The Morgan fingerprint density at radius 2 is 1.85 bits per heavy atom. The predicted octanol–water partition coefficient (Wildman–Crippen LogP) is 3.07. The van der Waals surface area contributed by atoms with Gasteiger partial charge in [-0.15, -0.1) is 0 Å². The number of nitrogens with one attached hydrogen (secondary N) is 1. The standard InChI is InChI=1S/C19H19FN2O4S/c1-13(18-11-14-5-3-4-6-17(14)26-18)21-19(23)12-22(2)27(24,25)16-9-7-15(20)8-10-16/h3-11,13H,12H2,1-2H3,(H,21,23)/t13-/m1/s1. The molecule has 1 N–H and O–H groups in total. The fraction of sp³-hybridized carbons (Fsp3) is 0.211. The lowest BCUT2D eigenvalue weighted by molar-refractivity contribution is -0.121. The van der Waals surface area contributed by atoms with E-state index in [0.717, 1.165) is 34.0 Å². The molecule has 0 spiro atoms. The first-order chi connectivity index (χ1) is 12.8. The normalized spacial score (nSPS) is 13.0. The van der Waals surface area contributed by atoms with E-state index in [9.17, 15) is 17.6 Å². The van der Waals surface area contributed by atoms with Crippen LogP contribution in [-0.2, 0) is 14.8 Å². The van der Waals surface area contributed by atoms with Gasteiger partial charge in [0.2, 0.25) is 15.9 Å². The Morgan fingerprint density at radius 1 is 1.19 bits per heavy atom. The Labute approximate surface area is 156 Å². The van der Waals surface area contributed by atoms with Crippen molar-refractivity contribution >= 4 is 26.9 Å². The number of carbonyl (C=O) groups is 1. The minimum Gasteiger partial charge on any atom is -0.459 e. The maximum atomic E-state index is 13.0. The molecule has 6 nitrogen and oxygen atoms in total. The minimum atomic E-state index is -3.89. The highest BCUT2D eigenvalue weighted by Gasteiger charge is 2.24. The van der Waals surface area contributed by atoms with Crippen molar-refractivity contribution < 1.29 is 22.0 Å². The van der Waals surface area contributed by atoms with Crippen LogP contribution in [0.1, 0.15) is 18.7 Å². The molecule has 0 unspecified atom stereocenters. The van der Waals surface area contributed by atoms with E-state index in [-0.39, 0.29) is 11.4 Å². The molecule has 0 aliphatic carbocycles. The smallest absolute Gasteiger partial charge is 0.243 e. The molecule has 1 heterocycles. The summed E-state index contributed by atoms with van der Waals surface area (Å²) < 4.78 is 44.5. The summed E-state index contributed by atoms with van der Waals surface area (Å²) in [7, 11) is -2.59. The van der Waals surface area contributed by atoms with E-state index in [0.29, 0.717) is 11.3 Å². The van der Waals surface area contributed by atoms with Crippen molar-refractivity contribution in [1.29, 1.82) is 0 Å². The molecule has 27 heavy (non-hydrogen) atoms. The number of fused-ring (bicyclic) bond motifs is 1. The first-order valence-electron chi connectivity index (χ1n) is 8.27. The fourth-order valence-corrected chi connectivity index (χ4v) is 3.77. The number of nitrogens with zero attached hydrogens (tertiary/aromatic N) is 1. The van der Waals surface area contributed by atoms with Gasteiger partial charge in [0.25, 0.3) is 0 Å². The second kappa shape index (κ2) is 7.50. The molecule has 142 valence electrons. The van der Waals surface area contributed by atoms with E-state index in [4.69, 9.17) is 4.42 Å². The molecule has 1 atom stereocenters. The van der Waals surface area contributed by atoms with Crippen LogP contribution >= 0.6 is 0 Å². The number of carbonyl (C=O) groups excluding carboxylic acids is 1. The third kappa shape index (κ3) is 4.17. The molecule has 0 bridgehead atoms. The molecule has 0 aliphatic heterocycles. The Kier molecular flexibility index (Phi) is 5.29. The second-order valence-electron chi connectivity index (χ2n) is 6.19. The molecular weight excluding hydrogens is 371 g/mol. The van der Waals surface area contributed by atoms with Crippen molar-refractivity contribution in [2.45, 2.75) is 17.9 Å². The van der Waals surface area contributed by atoms with E-state index in [1.807, 2.05) is 30.3 Å². The lowest BCUT2D eigenvalue weighted by atomic mass is 10.2. The van der Waals surface area contributed by atoms with Crippen LogP contribution in [0.5, 0.6) is 0 Å². The van der Waals surface area contributed by atoms with Crippen LogP contribution in [0.3, 0.4) is 0 Å². The van der Waals surface area contributed by atoms with Crippen molar-refractivity contribution in [3.05, 3.63) is 66.2 Å². The molecule has 2 aromatic carbocycles. The number of likely N-dealkylation sites (N-methyl/N-ethyl adjacent to an activating group) is 1. The summed E-state index contributed by atoms with van der Waals surface area (Å²) in [5.74, 6) is -0.432. The summed E-state index contributed by atoms with van der Waals surface area (Å²) in [6.45, 7) is 1.38. The number of furan rings is 1. The van der Waals surface area contributed by atoms with Gasteiger partial charge in [-0.2, -0.15) is 4.31 Å². The number of sulfonamides is 1. The van der Waals surface area contributed by atoms with E-state index < -0.39 is 27.8 Å². The van der Waals surface area contributed by atoms with Crippen LogP contribution in [0.2, 0.25) is 0 Å². The molecule has 0 radical (unpaired) electrons. The SMILES string of the molecule is C[C@@H](NC(=O)CN(C)S(=O)(=O)c1ccc(F)cc1)c1cc2ccccc2o1. The van der Waals surface area contributed by atoms with Gasteiger partial charge in [-0.1, -0.05) is 18.2 Å². The molecule has 1 aromatic heterocycles. The van der Waals surface area contributed by atoms with Gasteiger partial charge in [0.15, 0.2) is 0 Å². The van der Waals surface area contributed by atoms with Gasteiger partial charge < -0.3 is 9.73 Å². The van der Waals surface area contributed by atoms with Crippen molar-refractivity contribution in [3.63, 3.8) is 0 Å². The van der Waals surface area contributed by atoms with E-state index in [1.165, 1.54) is 7.05 Å². The summed E-state index contributed by atoms with van der Waals surface area (Å²) in [4.78, 5) is 12.2. The molecule has 0 saturated carbocycles. The maximum Gasteiger partial charge on any atom is 0.243 e. The number of rotatable bonds is 6. The lowest BCUT2D eigenvalue weighted by Gasteiger charge is -2.18. The topological polar surface area (TPSA) is 79.6 Å². The number of hydrogen-bond donors (Lipinski definition) is 1. The maximum absolute atomic E-state index is 13.0. The first kappa shape index (κ1) is 19.1. The average Bonchev–Trinajstić information content (AvgIpc) is 3.06. The third-order valence-electron chi connectivity index (χ3n) is 4.14. The van der Waals surface area contributed by atoms with Crippen molar-refractivity contribution in [1.82, 2.24) is 9.62 Å². The quantitative estimate of drug-likeness (QED) is 0.702. The average molecular weight is 390 g/mol. The zero-order valence-corrected chi connectivity index (χ0v) is 15.7. The largest absolute Gasteiger partial charge is 0.459 e. The highest BCUT2D eigenvalue weighted by molar-refractivity contribution is 7.89. The Morgan fingerprint density at radius 3 is 2.52 bits per heavy atom. The molecule has 3 aromatic rings. The number of para-hydroxylation sites is 1. The van der Waals surface area contributed by atoms with Crippen molar-refractivity contribution in [3.8, 4) is 0 Å². The monoisotopic (exact) mass is 390 g/mol. The lowest BCUT2D eigenvalue weighted by Crippen LogP contribution is -2.39. The highest BCUT2D eigenvalue weighted by atomic mass is 32.2. The van der Waals surface area contributed by atoms with Crippen LogP contribution in [0, 0.1) is 5.82 Å². The molecule has 3 rings (SSSR count). The van der Waals surface area contributed by atoms with E-state index >= 15 is 0 Å². The Hall–Kier alpha value is -2.71. The number of hydrogen-bond acceptors (Lipinski definition) is 4. The van der Waals surface area contributed by atoms with Gasteiger partial charge >= 0.3 is 0 Å². The van der Waals surface area contributed by atoms with Crippen LogP contribution in [-0.4, -0.2) is 32.2 Å². The second-order valence-corrected chi connectivity index (χ2v) is 8.24. The minimum absolute atomic E-state index is 0.0791. The number of halogens is 1. The predicted molar refractivity (Wildman–Crippen MR) is 99.0 cm³/mol. The first-order valence-corrected chi connectivity index (χ1v) is 9.71. The Bertz CT molecular complexity index is 1030. The fourth-order valence-electron chi connectivity index (χ4n) is 2.65. The van der Waals surface area contributed by atoms with Gasteiger partial charge in [0.05, 0.1) is 17.5 Å². The van der Waals surface area contributed by atoms with Crippen LogP contribution in [0.15, 0.2) is 63.9 Å². The van der Waals surface area contributed by atoms with Gasteiger partial charge in [0, 0.05) is 12.4 Å². The zero-order chi connectivity index (χ0) is 19.6.